The predicted octanol–water partition coefficient (Wildman–Crippen LogP) is 3.45. The number of hydrogen-bond acceptors (Lipinski definition) is 4. The number of nitrogens with zero attached hydrogens (tertiary/aromatic N) is 4. The Hall–Kier alpha value is -2.99. The van der Waals surface area contributed by atoms with Crippen molar-refractivity contribution in [1.82, 2.24) is 19.9 Å². The second kappa shape index (κ2) is 9.22. The van der Waals surface area contributed by atoms with Gasteiger partial charge >= 0.3 is 0 Å². The first-order chi connectivity index (χ1) is 14.7. The molecule has 1 aliphatic rings. The molecule has 0 radical (unpaired) electrons. The number of carbonyl (C=O) groups is 1. The van der Waals surface area contributed by atoms with Gasteiger partial charge in [-0.3, -0.25) is 9.69 Å². The molecule has 1 amide bonds. The molecule has 0 spiro atoms. The number of primary amides is 1. The molecule has 1 aromatic heterocycles. The van der Waals surface area contributed by atoms with Crippen LogP contribution in [0.2, 0.25) is 0 Å². The maximum absolute atomic E-state index is 11.8. The minimum atomic E-state index is -0.215. The summed E-state index contributed by atoms with van der Waals surface area (Å²) >= 11 is 0. The Kier molecular flexibility index (Phi) is 6.23. The summed E-state index contributed by atoms with van der Waals surface area (Å²) in [4.78, 5) is 14.1. The van der Waals surface area contributed by atoms with Gasteiger partial charge in [0.05, 0.1) is 23.6 Å². The van der Waals surface area contributed by atoms with E-state index in [1.54, 1.807) is 0 Å². The quantitative estimate of drug-likeness (QED) is 0.625. The summed E-state index contributed by atoms with van der Waals surface area (Å²) in [5.74, 6) is -0.215. The van der Waals surface area contributed by atoms with Crippen LogP contribution in [-0.2, 0) is 17.6 Å². The van der Waals surface area contributed by atoms with Crippen molar-refractivity contribution in [1.29, 1.82) is 0 Å². The van der Waals surface area contributed by atoms with Crippen LogP contribution in [0.15, 0.2) is 60.8 Å². The number of amides is 1. The predicted molar refractivity (Wildman–Crippen MR) is 117 cm³/mol. The van der Waals surface area contributed by atoms with Crippen LogP contribution in [0.5, 0.6) is 0 Å². The molecular formula is C24H29N5O. The molecule has 30 heavy (non-hydrogen) atoms. The number of aryl methyl sites for hydroxylation is 2. The van der Waals surface area contributed by atoms with Crippen molar-refractivity contribution in [2.45, 2.75) is 51.1 Å². The Morgan fingerprint density at radius 3 is 2.60 bits per heavy atom. The van der Waals surface area contributed by atoms with E-state index in [2.05, 4.69) is 70.7 Å². The van der Waals surface area contributed by atoms with Gasteiger partial charge in [-0.2, -0.15) is 0 Å². The Balaban J connectivity index is 1.44. The van der Waals surface area contributed by atoms with Gasteiger partial charge in [0, 0.05) is 6.04 Å². The molecule has 2 N–H and O–H groups in total. The molecule has 0 bridgehead atoms. The van der Waals surface area contributed by atoms with Gasteiger partial charge in [-0.1, -0.05) is 54.6 Å². The van der Waals surface area contributed by atoms with Crippen LogP contribution in [0.1, 0.15) is 49.0 Å². The number of aromatic nitrogens is 3. The average molecular weight is 404 g/mol. The monoisotopic (exact) mass is 403 g/mol. The highest BCUT2D eigenvalue weighted by molar-refractivity contribution is 5.80. The van der Waals surface area contributed by atoms with Gasteiger partial charge < -0.3 is 5.73 Å². The van der Waals surface area contributed by atoms with E-state index in [-0.39, 0.29) is 18.0 Å². The summed E-state index contributed by atoms with van der Waals surface area (Å²) in [7, 11) is 0. The lowest BCUT2D eigenvalue weighted by atomic mass is 10.0. The van der Waals surface area contributed by atoms with Crippen LogP contribution in [0.4, 0.5) is 0 Å². The van der Waals surface area contributed by atoms with Crippen molar-refractivity contribution in [3.05, 3.63) is 77.6 Å². The second-order valence-corrected chi connectivity index (χ2v) is 7.95. The molecule has 0 aliphatic carbocycles. The third kappa shape index (κ3) is 4.44. The van der Waals surface area contributed by atoms with Crippen LogP contribution in [0.25, 0.3) is 5.69 Å². The molecule has 156 valence electrons. The molecule has 1 fully saturated rings. The van der Waals surface area contributed by atoms with E-state index in [1.165, 1.54) is 11.1 Å². The first kappa shape index (κ1) is 20.3. The lowest BCUT2D eigenvalue weighted by Gasteiger charge is -2.31. The van der Waals surface area contributed by atoms with Gasteiger partial charge in [0.2, 0.25) is 5.91 Å². The Bertz CT molecular complexity index is 967. The highest BCUT2D eigenvalue weighted by Crippen LogP contribution is 2.32. The molecular weight excluding hydrogens is 374 g/mol. The Labute approximate surface area is 177 Å². The summed E-state index contributed by atoms with van der Waals surface area (Å²) in [6, 6.07) is 18.9. The first-order valence-electron chi connectivity index (χ1n) is 10.8. The molecule has 6 heteroatoms. The van der Waals surface area contributed by atoms with E-state index >= 15 is 0 Å². The molecule has 3 aromatic rings. The summed E-state index contributed by atoms with van der Waals surface area (Å²) in [6.07, 6.45) is 6.63. The van der Waals surface area contributed by atoms with E-state index in [0.29, 0.717) is 0 Å². The Morgan fingerprint density at radius 1 is 1.13 bits per heavy atom. The fourth-order valence-electron chi connectivity index (χ4n) is 4.43. The largest absolute Gasteiger partial charge is 0.368 e. The zero-order chi connectivity index (χ0) is 20.9. The van der Waals surface area contributed by atoms with Crippen molar-refractivity contribution in [3.8, 4) is 5.69 Å². The lowest BCUT2D eigenvalue weighted by molar-refractivity contribution is -0.123. The fraction of sp³-hybridized carbons (Fsp3) is 0.375. The molecule has 4 rings (SSSR count). The highest BCUT2D eigenvalue weighted by atomic mass is 16.1. The maximum Gasteiger partial charge on any atom is 0.234 e. The molecule has 1 aliphatic heterocycles. The normalized spacial score (nSPS) is 17.8. The highest BCUT2D eigenvalue weighted by Gasteiger charge is 2.34. The van der Waals surface area contributed by atoms with E-state index < -0.39 is 0 Å². The van der Waals surface area contributed by atoms with Gasteiger partial charge in [-0.15, -0.1) is 5.10 Å². The third-order valence-electron chi connectivity index (χ3n) is 6.01. The summed E-state index contributed by atoms with van der Waals surface area (Å²) < 4.78 is 1.83. The second-order valence-electron chi connectivity index (χ2n) is 7.95. The number of likely N-dealkylation sites (tertiary alicyclic amines) is 1. The van der Waals surface area contributed by atoms with E-state index in [4.69, 9.17) is 5.73 Å². The summed E-state index contributed by atoms with van der Waals surface area (Å²) in [5, 5.41) is 8.63. The molecule has 1 saturated heterocycles. The molecule has 2 aromatic carbocycles. The van der Waals surface area contributed by atoms with Crippen molar-refractivity contribution in [2.24, 2.45) is 5.73 Å². The molecule has 2 atom stereocenters. The van der Waals surface area contributed by atoms with Crippen LogP contribution in [0, 0.1) is 0 Å². The van der Waals surface area contributed by atoms with Crippen molar-refractivity contribution in [3.63, 3.8) is 0 Å². The van der Waals surface area contributed by atoms with Crippen LogP contribution in [-0.4, -0.2) is 38.4 Å². The number of carbonyl (C=O) groups excluding carboxylic acids is 1. The number of nitrogens with two attached hydrogens (primary N) is 1. The number of hydrogen-bond donors (Lipinski definition) is 1. The number of benzene rings is 2. The van der Waals surface area contributed by atoms with Crippen LogP contribution >= 0.6 is 0 Å². The van der Waals surface area contributed by atoms with Gasteiger partial charge in [0.1, 0.15) is 0 Å². The Morgan fingerprint density at radius 2 is 1.90 bits per heavy atom. The standard InChI is InChI=1S/C24H29N5O/c1-2-22(28-16-6-9-23(28)24(25)30)19-11-14-21(15-12-19)29-17-20(26-27-29)13-10-18-7-4-3-5-8-18/h3-5,7-8,11-12,14-15,17,22-23H,2,6,9-10,13,16H2,1H3,(H2,25,30)/t22-,23?/m0/s1. The van der Waals surface area contributed by atoms with E-state index in [1.807, 2.05) is 16.9 Å². The topological polar surface area (TPSA) is 77.0 Å². The molecule has 6 nitrogen and oxygen atoms in total. The van der Waals surface area contributed by atoms with Crippen LogP contribution in [0.3, 0.4) is 0 Å². The van der Waals surface area contributed by atoms with Crippen molar-refractivity contribution in [2.75, 3.05) is 6.54 Å². The fourth-order valence-corrected chi connectivity index (χ4v) is 4.43. The first-order valence-corrected chi connectivity index (χ1v) is 10.8. The average Bonchev–Trinajstić information content (AvgIpc) is 3.44. The van der Waals surface area contributed by atoms with Crippen molar-refractivity contribution < 1.29 is 4.79 Å². The molecule has 1 unspecified atom stereocenters. The van der Waals surface area contributed by atoms with Crippen LogP contribution < -0.4 is 5.73 Å². The van der Waals surface area contributed by atoms with Crippen molar-refractivity contribution >= 4 is 5.91 Å². The van der Waals surface area contributed by atoms with Gasteiger partial charge in [0.15, 0.2) is 0 Å². The maximum atomic E-state index is 11.8. The van der Waals surface area contributed by atoms with E-state index in [0.717, 1.165) is 50.0 Å². The molecule has 0 saturated carbocycles. The van der Waals surface area contributed by atoms with Gasteiger partial charge in [-0.25, -0.2) is 4.68 Å². The minimum Gasteiger partial charge on any atom is -0.368 e. The number of rotatable bonds is 8. The zero-order valence-electron chi connectivity index (χ0n) is 17.4. The summed E-state index contributed by atoms with van der Waals surface area (Å²) in [5.41, 5.74) is 10.1. The SMILES string of the molecule is CC[C@@H](c1ccc(-n2cc(CCc3ccccc3)nn2)cc1)N1CCCC1C(N)=O. The zero-order valence-corrected chi connectivity index (χ0v) is 17.4. The van der Waals surface area contributed by atoms with Gasteiger partial charge in [-0.05, 0) is 61.9 Å². The van der Waals surface area contributed by atoms with Gasteiger partial charge in [0.25, 0.3) is 0 Å². The molecule has 2 heterocycles. The lowest BCUT2D eigenvalue weighted by Crippen LogP contribution is -2.42. The smallest absolute Gasteiger partial charge is 0.234 e. The third-order valence-corrected chi connectivity index (χ3v) is 6.01. The summed E-state index contributed by atoms with van der Waals surface area (Å²) in [6.45, 7) is 3.08. The van der Waals surface area contributed by atoms with E-state index in [9.17, 15) is 4.79 Å². The minimum absolute atomic E-state index is 0.155.